The summed E-state index contributed by atoms with van der Waals surface area (Å²) < 4.78 is 0. The zero-order valence-electron chi connectivity index (χ0n) is 15.5. The minimum absolute atomic E-state index is 0.592. The number of hydrogen-bond acceptors (Lipinski definition) is 3. The van der Waals surface area contributed by atoms with Gasteiger partial charge in [-0.3, -0.25) is 10.00 Å². The molecule has 3 aromatic heterocycles. The van der Waals surface area contributed by atoms with Gasteiger partial charge in [0, 0.05) is 34.9 Å². The Kier molecular flexibility index (Phi) is 4.63. The van der Waals surface area contributed by atoms with Crippen molar-refractivity contribution in [1.82, 2.24) is 25.1 Å². The van der Waals surface area contributed by atoms with Crippen LogP contribution in [-0.2, 0) is 6.54 Å². The Balaban J connectivity index is 1.27. The molecule has 5 nitrogen and oxygen atoms in total. The first-order valence-electron chi connectivity index (χ1n) is 9.70. The maximum Gasteiger partial charge on any atom is 0.137 e. The summed E-state index contributed by atoms with van der Waals surface area (Å²) in [5, 5.41) is 9.45. The number of hydrogen-bond donors (Lipinski definition) is 2. The first kappa shape index (κ1) is 17.5. The number of fused-ring (bicyclic) bond motifs is 1. The van der Waals surface area contributed by atoms with Crippen molar-refractivity contribution in [2.75, 3.05) is 13.1 Å². The van der Waals surface area contributed by atoms with Gasteiger partial charge in [0.15, 0.2) is 0 Å². The molecule has 4 aromatic rings. The number of aromatic nitrogens is 4. The van der Waals surface area contributed by atoms with E-state index >= 15 is 0 Å². The SMILES string of the molecule is Clc1ccc(-c2[nH]ncc2CN2CCC(c3c[nH]c4ncccc34)CC2)cc1. The molecule has 142 valence electrons. The molecule has 1 saturated heterocycles. The third kappa shape index (κ3) is 3.32. The Morgan fingerprint density at radius 3 is 2.75 bits per heavy atom. The predicted molar refractivity (Wildman–Crippen MR) is 112 cm³/mol. The Morgan fingerprint density at radius 1 is 1.11 bits per heavy atom. The number of H-pyrrole nitrogens is 2. The van der Waals surface area contributed by atoms with Crippen LogP contribution in [0.15, 0.2) is 55.0 Å². The van der Waals surface area contributed by atoms with Gasteiger partial charge in [-0.1, -0.05) is 23.7 Å². The Hall–Kier alpha value is -2.63. The van der Waals surface area contributed by atoms with Gasteiger partial charge in [0.1, 0.15) is 5.65 Å². The lowest BCUT2D eigenvalue weighted by Crippen LogP contribution is -2.32. The molecule has 0 aliphatic carbocycles. The lowest BCUT2D eigenvalue weighted by molar-refractivity contribution is 0.205. The van der Waals surface area contributed by atoms with Crippen molar-refractivity contribution in [2.45, 2.75) is 25.3 Å². The third-order valence-corrected chi connectivity index (χ3v) is 6.01. The minimum Gasteiger partial charge on any atom is -0.346 e. The van der Waals surface area contributed by atoms with Gasteiger partial charge < -0.3 is 4.98 Å². The number of aromatic amines is 2. The molecule has 1 aromatic carbocycles. The summed E-state index contributed by atoms with van der Waals surface area (Å²) in [4.78, 5) is 10.3. The van der Waals surface area contributed by atoms with Gasteiger partial charge in [-0.2, -0.15) is 5.10 Å². The van der Waals surface area contributed by atoms with Crippen molar-refractivity contribution < 1.29 is 0 Å². The molecule has 0 amide bonds. The molecule has 2 N–H and O–H groups in total. The quantitative estimate of drug-likeness (QED) is 0.515. The maximum atomic E-state index is 6.02. The highest BCUT2D eigenvalue weighted by Gasteiger charge is 2.24. The highest BCUT2D eigenvalue weighted by molar-refractivity contribution is 6.30. The van der Waals surface area contributed by atoms with E-state index in [0.717, 1.165) is 54.4 Å². The zero-order chi connectivity index (χ0) is 18.9. The van der Waals surface area contributed by atoms with Crippen molar-refractivity contribution in [2.24, 2.45) is 0 Å². The Labute approximate surface area is 168 Å². The summed E-state index contributed by atoms with van der Waals surface area (Å²) in [5.74, 6) is 0.592. The smallest absolute Gasteiger partial charge is 0.137 e. The van der Waals surface area contributed by atoms with Crippen LogP contribution in [0.5, 0.6) is 0 Å². The fourth-order valence-electron chi connectivity index (χ4n) is 4.26. The van der Waals surface area contributed by atoms with Gasteiger partial charge in [-0.25, -0.2) is 4.98 Å². The number of rotatable bonds is 4. The lowest BCUT2D eigenvalue weighted by Gasteiger charge is -2.31. The lowest BCUT2D eigenvalue weighted by atomic mass is 9.89. The van der Waals surface area contributed by atoms with Crippen LogP contribution >= 0.6 is 11.6 Å². The number of nitrogens with zero attached hydrogens (tertiary/aromatic N) is 3. The third-order valence-electron chi connectivity index (χ3n) is 5.76. The van der Waals surface area contributed by atoms with Crippen LogP contribution in [0, 0.1) is 0 Å². The van der Waals surface area contributed by atoms with Crippen LogP contribution in [0.2, 0.25) is 5.02 Å². The molecule has 0 atom stereocenters. The standard InChI is InChI=1S/C22H22ClN5/c23-18-5-3-16(4-6-18)21-17(12-26-27-21)14-28-10-7-15(8-11-28)20-13-25-22-19(20)2-1-9-24-22/h1-6,9,12-13,15H,7-8,10-11,14H2,(H,24,25)(H,26,27). The van der Waals surface area contributed by atoms with Gasteiger partial charge in [-0.15, -0.1) is 0 Å². The van der Waals surface area contributed by atoms with E-state index in [1.165, 1.54) is 16.5 Å². The van der Waals surface area contributed by atoms with Crippen molar-refractivity contribution in [1.29, 1.82) is 0 Å². The molecular formula is C22H22ClN5. The molecule has 6 heteroatoms. The van der Waals surface area contributed by atoms with Gasteiger partial charge in [0.25, 0.3) is 0 Å². The van der Waals surface area contributed by atoms with E-state index in [0.29, 0.717) is 5.92 Å². The van der Waals surface area contributed by atoms with E-state index in [1.807, 2.05) is 42.7 Å². The first-order chi connectivity index (χ1) is 13.8. The number of likely N-dealkylation sites (tertiary alicyclic amines) is 1. The molecule has 1 aliphatic rings. The molecule has 28 heavy (non-hydrogen) atoms. The molecule has 5 rings (SSSR count). The average molecular weight is 392 g/mol. The largest absolute Gasteiger partial charge is 0.346 e. The van der Waals surface area contributed by atoms with Gasteiger partial charge in [0.2, 0.25) is 0 Å². The second-order valence-electron chi connectivity index (χ2n) is 7.47. The monoisotopic (exact) mass is 391 g/mol. The molecule has 4 heterocycles. The fraction of sp³-hybridized carbons (Fsp3) is 0.273. The van der Waals surface area contributed by atoms with E-state index < -0.39 is 0 Å². The van der Waals surface area contributed by atoms with Crippen LogP contribution < -0.4 is 0 Å². The van der Waals surface area contributed by atoms with Crippen molar-refractivity contribution in [3.05, 3.63) is 71.1 Å². The van der Waals surface area contributed by atoms with Crippen LogP contribution in [0.3, 0.4) is 0 Å². The highest BCUT2D eigenvalue weighted by Crippen LogP contribution is 2.33. The zero-order valence-corrected chi connectivity index (χ0v) is 16.3. The van der Waals surface area contributed by atoms with Crippen molar-refractivity contribution in [3.8, 4) is 11.3 Å². The summed E-state index contributed by atoms with van der Waals surface area (Å²) >= 11 is 6.02. The summed E-state index contributed by atoms with van der Waals surface area (Å²) in [6, 6.07) is 12.1. The van der Waals surface area contributed by atoms with Gasteiger partial charge in [0.05, 0.1) is 11.9 Å². The summed E-state index contributed by atoms with van der Waals surface area (Å²) in [7, 11) is 0. The molecule has 1 aliphatic heterocycles. The number of pyridine rings is 1. The van der Waals surface area contributed by atoms with E-state index in [4.69, 9.17) is 11.6 Å². The predicted octanol–water partition coefficient (Wildman–Crippen LogP) is 4.99. The maximum absolute atomic E-state index is 6.02. The summed E-state index contributed by atoms with van der Waals surface area (Å²) in [5.41, 5.74) is 5.84. The van der Waals surface area contributed by atoms with Crippen LogP contribution in [0.1, 0.15) is 29.9 Å². The number of benzene rings is 1. The van der Waals surface area contributed by atoms with E-state index in [1.54, 1.807) is 0 Å². The molecule has 0 bridgehead atoms. The molecule has 1 fully saturated rings. The normalized spacial score (nSPS) is 16.0. The summed E-state index contributed by atoms with van der Waals surface area (Å²) in [6.45, 7) is 3.09. The number of nitrogens with one attached hydrogen (secondary N) is 2. The minimum atomic E-state index is 0.592. The highest BCUT2D eigenvalue weighted by atomic mass is 35.5. The molecule has 0 unspecified atom stereocenters. The fourth-order valence-corrected chi connectivity index (χ4v) is 4.38. The molecule has 0 saturated carbocycles. The van der Waals surface area contributed by atoms with Crippen molar-refractivity contribution in [3.63, 3.8) is 0 Å². The van der Waals surface area contributed by atoms with E-state index in [-0.39, 0.29) is 0 Å². The summed E-state index contributed by atoms with van der Waals surface area (Å²) in [6.07, 6.45) is 8.26. The van der Waals surface area contributed by atoms with E-state index in [2.05, 4.69) is 37.3 Å². The molecule has 0 radical (unpaired) electrons. The van der Waals surface area contributed by atoms with Crippen LogP contribution in [-0.4, -0.2) is 38.2 Å². The van der Waals surface area contributed by atoms with Crippen molar-refractivity contribution >= 4 is 22.6 Å². The molecule has 0 spiro atoms. The second-order valence-corrected chi connectivity index (χ2v) is 7.91. The molecular weight excluding hydrogens is 370 g/mol. The van der Waals surface area contributed by atoms with E-state index in [9.17, 15) is 0 Å². The number of piperidine rings is 1. The van der Waals surface area contributed by atoms with Crippen LogP contribution in [0.25, 0.3) is 22.3 Å². The Morgan fingerprint density at radius 2 is 1.93 bits per heavy atom. The van der Waals surface area contributed by atoms with Crippen LogP contribution in [0.4, 0.5) is 0 Å². The Bertz CT molecular complexity index is 1070. The van der Waals surface area contributed by atoms with Gasteiger partial charge >= 0.3 is 0 Å². The number of halogens is 1. The topological polar surface area (TPSA) is 60.6 Å². The first-order valence-corrected chi connectivity index (χ1v) is 10.1. The average Bonchev–Trinajstić information content (AvgIpc) is 3.36. The van der Waals surface area contributed by atoms with Gasteiger partial charge in [-0.05, 0) is 67.2 Å². The second kappa shape index (κ2) is 7.41.